The van der Waals surface area contributed by atoms with E-state index in [0.29, 0.717) is 41.9 Å². The first kappa shape index (κ1) is 24.7. The highest BCUT2D eigenvalue weighted by Crippen LogP contribution is 2.35. The summed E-state index contributed by atoms with van der Waals surface area (Å²) >= 11 is 0. The maximum atomic E-state index is 11.5. The molecule has 1 aromatic heterocycles. The second-order valence-corrected chi connectivity index (χ2v) is 9.68. The molecule has 3 heterocycles. The van der Waals surface area contributed by atoms with Gasteiger partial charge in [0.25, 0.3) is 0 Å². The minimum absolute atomic E-state index is 0.236. The maximum absolute atomic E-state index is 11.5. The van der Waals surface area contributed by atoms with E-state index in [-0.39, 0.29) is 6.04 Å². The first-order valence-corrected chi connectivity index (χ1v) is 12.4. The molecule has 1 fully saturated rings. The third kappa shape index (κ3) is 5.56. The Balaban J connectivity index is 1.26. The van der Waals surface area contributed by atoms with Gasteiger partial charge in [0.15, 0.2) is 0 Å². The molecule has 0 spiro atoms. The Hall–Kier alpha value is -4.00. The Kier molecular flexibility index (Phi) is 7.04. The zero-order chi connectivity index (χ0) is 25.9. The molecule has 2 aliphatic heterocycles. The number of ether oxygens (including phenoxy) is 2. The molecule has 1 amide bonds. The molecule has 0 radical (unpaired) electrons. The first-order chi connectivity index (χ1) is 17.9. The number of carbonyl (C=O) groups excluding carboxylic acids is 1. The lowest BCUT2D eigenvalue weighted by molar-refractivity contribution is 0.1000. The highest BCUT2D eigenvalue weighted by Gasteiger charge is 2.25. The molecular formula is C28H30N6O3. The highest BCUT2D eigenvalue weighted by atomic mass is 16.5. The number of amides is 1. The number of anilines is 1. The highest BCUT2D eigenvalue weighted by molar-refractivity contribution is 5.92. The molecule has 0 bridgehead atoms. The van der Waals surface area contributed by atoms with Crippen LogP contribution in [0.2, 0.25) is 0 Å². The molecule has 2 aliphatic rings. The third-order valence-electron chi connectivity index (χ3n) is 6.87. The van der Waals surface area contributed by atoms with Crippen LogP contribution in [-0.4, -0.2) is 39.9 Å². The van der Waals surface area contributed by atoms with E-state index in [0.717, 1.165) is 60.4 Å². The quantitative estimate of drug-likeness (QED) is 0.501. The van der Waals surface area contributed by atoms with Crippen molar-refractivity contribution >= 4 is 11.9 Å². The number of piperidine rings is 1. The van der Waals surface area contributed by atoms with Crippen molar-refractivity contribution in [2.24, 2.45) is 5.73 Å². The van der Waals surface area contributed by atoms with Crippen molar-refractivity contribution in [2.75, 3.05) is 18.4 Å². The fourth-order valence-corrected chi connectivity index (χ4v) is 4.94. The molecule has 0 aliphatic carbocycles. The summed E-state index contributed by atoms with van der Waals surface area (Å²) in [6.07, 6.45) is 1.88. The fraction of sp³-hybridized carbons (Fsp3) is 0.357. The predicted octanol–water partition coefficient (Wildman–Crippen LogP) is 3.96. The van der Waals surface area contributed by atoms with Crippen molar-refractivity contribution in [3.63, 3.8) is 0 Å². The van der Waals surface area contributed by atoms with Crippen LogP contribution >= 0.6 is 0 Å². The van der Waals surface area contributed by atoms with Crippen molar-refractivity contribution < 1.29 is 14.3 Å². The Morgan fingerprint density at radius 2 is 1.95 bits per heavy atom. The van der Waals surface area contributed by atoms with E-state index in [1.165, 1.54) is 0 Å². The average molecular weight is 499 g/mol. The van der Waals surface area contributed by atoms with Crippen LogP contribution in [0.25, 0.3) is 0 Å². The second kappa shape index (κ2) is 10.5. The Labute approximate surface area is 216 Å². The number of hydrogen-bond donors (Lipinski definition) is 2. The summed E-state index contributed by atoms with van der Waals surface area (Å²) in [4.78, 5) is 23.3. The summed E-state index contributed by atoms with van der Waals surface area (Å²) in [5.74, 6) is 1.33. The zero-order valence-electron chi connectivity index (χ0n) is 21.1. The van der Waals surface area contributed by atoms with Gasteiger partial charge in [-0.3, -0.25) is 9.69 Å². The Morgan fingerprint density at radius 1 is 1.19 bits per heavy atom. The van der Waals surface area contributed by atoms with E-state index in [9.17, 15) is 10.1 Å². The van der Waals surface area contributed by atoms with Gasteiger partial charge in [-0.05, 0) is 67.6 Å². The van der Waals surface area contributed by atoms with Crippen LogP contribution < -0.4 is 15.8 Å². The first-order valence-electron chi connectivity index (χ1n) is 12.4. The molecule has 1 saturated heterocycles. The number of carbonyl (C=O) groups is 1. The van der Waals surface area contributed by atoms with Gasteiger partial charge < -0.3 is 20.5 Å². The van der Waals surface area contributed by atoms with E-state index in [1.54, 1.807) is 6.07 Å². The van der Waals surface area contributed by atoms with Crippen molar-refractivity contribution in [3.8, 4) is 17.7 Å². The minimum atomic E-state index is -0.405. The monoisotopic (exact) mass is 498 g/mol. The minimum Gasteiger partial charge on any atom is -0.438 e. The average Bonchev–Trinajstić information content (AvgIpc) is 3.36. The van der Waals surface area contributed by atoms with E-state index in [4.69, 9.17) is 25.2 Å². The summed E-state index contributed by atoms with van der Waals surface area (Å²) in [5.41, 5.74) is 11.1. The van der Waals surface area contributed by atoms with Crippen molar-refractivity contribution in [2.45, 2.75) is 52.5 Å². The van der Waals surface area contributed by atoms with Gasteiger partial charge in [-0.2, -0.15) is 10.2 Å². The number of fused-ring (bicyclic) bond motifs is 1. The van der Waals surface area contributed by atoms with E-state index in [2.05, 4.69) is 16.3 Å². The van der Waals surface area contributed by atoms with Crippen LogP contribution in [0.4, 0.5) is 5.95 Å². The zero-order valence-corrected chi connectivity index (χ0v) is 21.1. The summed E-state index contributed by atoms with van der Waals surface area (Å²) in [6, 6.07) is 13.6. The molecule has 0 saturated carbocycles. The van der Waals surface area contributed by atoms with Gasteiger partial charge in [0.1, 0.15) is 5.75 Å². The SMILES string of the molecule is Cc1cc(C#N)cc(C)c1Oc1nc(NC2CCN(Cc3cccc(C(N)=O)c3)CC2)nc2c1COC2. The number of aryl methyl sites for hydroxylation is 2. The number of likely N-dealkylation sites (tertiary alicyclic amines) is 1. The number of nitrogens with one attached hydrogen (secondary N) is 1. The molecule has 5 rings (SSSR count). The van der Waals surface area contributed by atoms with Crippen molar-refractivity contribution in [1.82, 2.24) is 14.9 Å². The molecule has 37 heavy (non-hydrogen) atoms. The van der Waals surface area contributed by atoms with Crippen LogP contribution in [0, 0.1) is 25.2 Å². The number of primary amides is 1. The van der Waals surface area contributed by atoms with Crippen LogP contribution in [-0.2, 0) is 24.5 Å². The number of rotatable bonds is 7. The lowest BCUT2D eigenvalue weighted by Crippen LogP contribution is -2.39. The van der Waals surface area contributed by atoms with Gasteiger partial charge in [0.2, 0.25) is 17.7 Å². The number of benzene rings is 2. The van der Waals surface area contributed by atoms with Crippen LogP contribution in [0.15, 0.2) is 36.4 Å². The molecule has 3 N–H and O–H groups in total. The van der Waals surface area contributed by atoms with Crippen LogP contribution in [0.5, 0.6) is 11.6 Å². The number of aromatic nitrogens is 2. The second-order valence-electron chi connectivity index (χ2n) is 9.68. The molecule has 0 atom stereocenters. The molecule has 0 unspecified atom stereocenters. The van der Waals surface area contributed by atoms with Crippen LogP contribution in [0.3, 0.4) is 0 Å². The molecular weight excluding hydrogens is 468 g/mol. The van der Waals surface area contributed by atoms with Gasteiger partial charge >= 0.3 is 0 Å². The van der Waals surface area contributed by atoms with E-state index >= 15 is 0 Å². The summed E-state index contributed by atoms with van der Waals surface area (Å²) in [7, 11) is 0. The third-order valence-corrected chi connectivity index (χ3v) is 6.87. The standard InChI is InChI=1S/C28H30N6O3/c1-17-10-20(13-29)11-18(2)25(17)37-27-23-15-36-16-24(23)32-28(33-27)31-22-6-8-34(9-7-22)14-19-4-3-5-21(12-19)26(30)35/h3-5,10-12,22H,6-9,14-16H2,1-2H3,(H2,30,35)(H,31,32,33). The lowest BCUT2D eigenvalue weighted by atomic mass is 10.0. The lowest BCUT2D eigenvalue weighted by Gasteiger charge is -2.32. The fourth-order valence-electron chi connectivity index (χ4n) is 4.94. The molecule has 3 aromatic rings. The van der Waals surface area contributed by atoms with Crippen LogP contribution in [0.1, 0.15) is 56.7 Å². The van der Waals surface area contributed by atoms with Gasteiger partial charge in [-0.25, -0.2) is 4.98 Å². The smallest absolute Gasteiger partial charge is 0.248 e. The van der Waals surface area contributed by atoms with Gasteiger partial charge in [-0.1, -0.05) is 12.1 Å². The maximum Gasteiger partial charge on any atom is 0.248 e. The Bertz CT molecular complexity index is 1350. The summed E-state index contributed by atoms with van der Waals surface area (Å²) in [5, 5.41) is 12.8. The topological polar surface area (TPSA) is 126 Å². The summed E-state index contributed by atoms with van der Waals surface area (Å²) < 4.78 is 11.9. The van der Waals surface area contributed by atoms with Gasteiger partial charge in [0.05, 0.1) is 36.1 Å². The number of nitriles is 1. The number of nitrogens with zero attached hydrogens (tertiary/aromatic N) is 4. The molecule has 9 heteroatoms. The molecule has 9 nitrogen and oxygen atoms in total. The number of hydrogen-bond acceptors (Lipinski definition) is 8. The Morgan fingerprint density at radius 3 is 2.65 bits per heavy atom. The molecule has 190 valence electrons. The van der Waals surface area contributed by atoms with Crippen molar-refractivity contribution in [3.05, 3.63) is 75.5 Å². The number of nitrogens with two attached hydrogens (primary N) is 1. The predicted molar refractivity (Wildman–Crippen MR) is 138 cm³/mol. The van der Waals surface area contributed by atoms with E-state index < -0.39 is 5.91 Å². The largest absolute Gasteiger partial charge is 0.438 e. The van der Waals surface area contributed by atoms with Crippen molar-refractivity contribution in [1.29, 1.82) is 5.26 Å². The molecule has 2 aromatic carbocycles. The summed E-state index contributed by atoms with van der Waals surface area (Å²) in [6.45, 7) is 7.31. The van der Waals surface area contributed by atoms with Gasteiger partial charge in [0, 0.05) is 31.2 Å². The van der Waals surface area contributed by atoms with Gasteiger partial charge in [-0.15, -0.1) is 0 Å². The normalized spacial score (nSPS) is 15.7. The van der Waals surface area contributed by atoms with E-state index in [1.807, 2.05) is 44.2 Å².